The number of aryl methyl sites for hydroxylation is 1. The fraction of sp³-hybridized carbons (Fsp3) is 0.438. The lowest BCUT2D eigenvalue weighted by atomic mass is 10.2. The summed E-state index contributed by atoms with van der Waals surface area (Å²) in [6.07, 6.45) is 2.18. The summed E-state index contributed by atoms with van der Waals surface area (Å²) in [6.45, 7) is 3.91. The highest BCUT2D eigenvalue weighted by molar-refractivity contribution is 8.02. The van der Waals surface area contributed by atoms with Crippen LogP contribution in [0.1, 0.15) is 25.3 Å². The Labute approximate surface area is 149 Å². The fourth-order valence-electron chi connectivity index (χ4n) is 2.09. The average molecular weight is 364 g/mol. The van der Waals surface area contributed by atoms with Gasteiger partial charge in [-0.3, -0.25) is 4.79 Å². The highest BCUT2D eigenvalue weighted by atomic mass is 32.2. The molecule has 1 amide bonds. The summed E-state index contributed by atoms with van der Waals surface area (Å²) in [5.74, 6) is 0.815. The van der Waals surface area contributed by atoms with Crippen LogP contribution >= 0.6 is 23.1 Å². The van der Waals surface area contributed by atoms with Gasteiger partial charge < -0.3 is 15.4 Å². The number of ether oxygens (including phenoxy) is 1. The van der Waals surface area contributed by atoms with Gasteiger partial charge in [0.15, 0.2) is 4.34 Å². The number of carbonyl (C=O) groups is 1. The van der Waals surface area contributed by atoms with Gasteiger partial charge in [-0.15, -0.1) is 10.2 Å². The molecule has 128 valence electrons. The Bertz CT molecular complexity index is 731. The van der Waals surface area contributed by atoms with Crippen molar-refractivity contribution < 1.29 is 9.53 Å². The Morgan fingerprint density at radius 3 is 2.92 bits per heavy atom. The monoisotopic (exact) mass is 364 g/mol. The zero-order valence-corrected chi connectivity index (χ0v) is 15.5. The minimum absolute atomic E-state index is 0.0626. The van der Waals surface area contributed by atoms with Crippen LogP contribution in [0.2, 0.25) is 0 Å². The van der Waals surface area contributed by atoms with Gasteiger partial charge in [0.05, 0.1) is 18.0 Å². The Morgan fingerprint density at radius 1 is 1.42 bits per heavy atom. The molecule has 0 radical (unpaired) electrons. The third kappa shape index (κ3) is 4.39. The lowest BCUT2D eigenvalue weighted by molar-refractivity contribution is -0.120. The zero-order valence-electron chi connectivity index (χ0n) is 13.8. The van der Waals surface area contributed by atoms with E-state index in [9.17, 15) is 4.79 Å². The lowest BCUT2D eigenvalue weighted by Crippen LogP contribution is -2.32. The smallest absolute Gasteiger partial charge is 0.233 e. The quantitative estimate of drug-likeness (QED) is 0.734. The maximum atomic E-state index is 12.0. The first-order chi connectivity index (χ1) is 11.5. The molecule has 24 heavy (non-hydrogen) atoms. The summed E-state index contributed by atoms with van der Waals surface area (Å²) in [5.41, 5.74) is 1.98. The minimum Gasteiger partial charge on any atom is -0.495 e. The summed E-state index contributed by atoms with van der Waals surface area (Å²) >= 11 is 2.85. The lowest BCUT2D eigenvalue weighted by Gasteiger charge is -2.09. The van der Waals surface area contributed by atoms with Crippen LogP contribution in [0, 0.1) is 6.92 Å². The molecule has 1 aromatic carbocycles. The van der Waals surface area contributed by atoms with Crippen molar-refractivity contribution in [2.24, 2.45) is 0 Å². The Hall–Kier alpha value is -1.80. The Balaban J connectivity index is 1.63. The first-order valence-electron chi connectivity index (χ1n) is 7.77. The van der Waals surface area contributed by atoms with Crippen molar-refractivity contribution in [1.82, 2.24) is 15.5 Å². The molecule has 1 fully saturated rings. The fourth-order valence-corrected chi connectivity index (χ4v) is 4.01. The third-order valence-electron chi connectivity index (χ3n) is 3.57. The van der Waals surface area contributed by atoms with Gasteiger partial charge >= 0.3 is 0 Å². The second kappa shape index (κ2) is 7.40. The maximum Gasteiger partial charge on any atom is 0.233 e. The van der Waals surface area contributed by atoms with Crippen molar-refractivity contribution in [2.45, 2.75) is 42.3 Å². The molecule has 8 heteroatoms. The summed E-state index contributed by atoms with van der Waals surface area (Å²) in [6, 6.07) is 6.28. The zero-order chi connectivity index (χ0) is 17.1. The number of hydrogen-bond acceptors (Lipinski definition) is 7. The van der Waals surface area contributed by atoms with Crippen LogP contribution in [0.15, 0.2) is 22.5 Å². The molecule has 1 heterocycles. The molecule has 2 aromatic rings. The SMILES string of the molecule is COc1ccc(C)cc1Nc1nnc(S[C@@H](C)C(=O)NC2CC2)s1. The van der Waals surface area contributed by atoms with E-state index >= 15 is 0 Å². The van der Waals surface area contributed by atoms with Gasteiger partial charge in [0.2, 0.25) is 11.0 Å². The van der Waals surface area contributed by atoms with E-state index in [2.05, 4.69) is 20.8 Å². The molecular weight excluding hydrogens is 344 g/mol. The van der Waals surface area contributed by atoms with Gasteiger partial charge in [0.1, 0.15) is 5.75 Å². The number of carbonyl (C=O) groups excluding carboxylic acids is 1. The number of methoxy groups -OCH3 is 1. The maximum absolute atomic E-state index is 12.0. The van der Waals surface area contributed by atoms with Crippen molar-refractivity contribution in [1.29, 1.82) is 0 Å². The molecule has 3 rings (SSSR count). The van der Waals surface area contributed by atoms with Crippen molar-refractivity contribution in [3.63, 3.8) is 0 Å². The molecule has 0 saturated heterocycles. The molecule has 0 aliphatic heterocycles. The number of nitrogens with zero attached hydrogens (tertiary/aromatic N) is 2. The van der Waals surface area contributed by atoms with Crippen LogP contribution < -0.4 is 15.4 Å². The molecule has 0 unspecified atom stereocenters. The first-order valence-corrected chi connectivity index (χ1v) is 9.47. The number of anilines is 2. The molecule has 1 aliphatic carbocycles. The highest BCUT2D eigenvalue weighted by Gasteiger charge is 2.26. The van der Waals surface area contributed by atoms with Crippen molar-refractivity contribution in [2.75, 3.05) is 12.4 Å². The van der Waals surface area contributed by atoms with E-state index in [1.165, 1.54) is 23.1 Å². The van der Waals surface area contributed by atoms with Crippen LogP contribution in [0.25, 0.3) is 0 Å². The van der Waals surface area contributed by atoms with Gasteiger partial charge in [-0.2, -0.15) is 0 Å². The summed E-state index contributed by atoms with van der Waals surface area (Å²) in [7, 11) is 1.64. The molecule has 2 N–H and O–H groups in total. The van der Waals surface area contributed by atoms with Crippen molar-refractivity contribution in [3.8, 4) is 5.75 Å². The molecule has 0 bridgehead atoms. The number of thioether (sulfide) groups is 1. The third-order valence-corrected chi connectivity index (χ3v) is 5.60. The topological polar surface area (TPSA) is 76.1 Å². The van der Waals surface area contributed by atoms with E-state index in [1.807, 2.05) is 32.0 Å². The second-order valence-corrected chi connectivity index (χ2v) is 8.31. The van der Waals surface area contributed by atoms with Crippen LogP contribution in [0.3, 0.4) is 0 Å². The van der Waals surface area contributed by atoms with Crippen LogP contribution in [0.5, 0.6) is 5.75 Å². The number of nitrogens with one attached hydrogen (secondary N) is 2. The van der Waals surface area contributed by atoms with E-state index in [0.29, 0.717) is 11.2 Å². The number of amides is 1. The molecule has 0 spiro atoms. The highest BCUT2D eigenvalue weighted by Crippen LogP contribution is 2.33. The van der Waals surface area contributed by atoms with Crippen LogP contribution in [-0.4, -0.2) is 34.5 Å². The number of aromatic nitrogens is 2. The van der Waals surface area contributed by atoms with E-state index < -0.39 is 0 Å². The normalized spacial score (nSPS) is 15.0. The molecule has 1 aromatic heterocycles. The predicted octanol–water partition coefficient (Wildman–Crippen LogP) is 3.36. The Morgan fingerprint density at radius 2 is 2.21 bits per heavy atom. The molecular formula is C16H20N4O2S2. The molecule has 6 nitrogen and oxygen atoms in total. The summed E-state index contributed by atoms with van der Waals surface area (Å²) in [5, 5.41) is 15.0. The number of benzene rings is 1. The predicted molar refractivity (Wildman–Crippen MR) is 97.4 cm³/mol. The van der Waals surface area contributed by atoms with Gasteiger partial charge in [-0.25, -0.2) is 0 Å². The minimum atomic E-state index is -0.181. The first kappa shape index (κ1) is 17.0. The van der Waals surface area contributed by atoms with Crippen molar-refractivity contribution >= 4 is 39.8 Å². The second-order valence-electron chi connectivity index (χ2n) is 5.74. The number of rotatable bonds is 7. The van der Waals surface area contributed by atoms with Crippen LogP contribution in [0.4, 0.5) is 10.8 Å². The molecule has 1 aliphatic rings. The van der Waals surface area contributed by atoms with E-state index in [4.69, 9.17) is 4.74 Å². The summed E-state index contributed by atoms with van der Waals surface area (Å²) in [4.78, 5) is 12.0. The van der Waals surface area contributed by atoms with Gasteiger partial charge in [-0.1, -0.05) is 29.2 Å². The average Bonchev–Trinajstić information content (AvgIpc) is 3.26. The molecule has 1 atom stereocenters. The van der Waals surface area contributed by atoms with E-state index in [1.54, 1.807) is 7.11 Å². The largest absolute Gasteiger partial charge is 0.495 e. The number of hydrogen-bond donors (Lipinski definition) is 2. The standard InChI is InChI=1S/C16H20N4O2S2/c1-9-4-7-13(22-3)12(8-9)18-15-19-20-16(24-15)23-10(2)14(21)17-11-5-6-11/h4,7-8,10-11H,5-6H2,1-3H3,(H,17,21)(H,18,19)/t10-/m0/s1. The van der Waals surface area contributed by atoms with E-state index in [0.717, 1.165) is 34.2 Å². The Kier molecular flexibility index (Phi) is 5.25. The van der Waals surface area contributed by atoms with E-state index in [-0.39, 0.29) is 11.2 Å². The summed E-state index contributed by atoms with van der Waals surface area (Å²) < 4.78 is 6.12. The van der Waals surface area contributed by atoms with Crippen molar-refractivity contribution in [3.05, 3.63) is 23.8 Å². The van der Waals surface area contributed by atoms with Gasteiger partial charge in [-0.05, 0) is 44.4 Å². The molecule has 1 saturated carbocycles. The van der Waals surface area contributed by atoms with Gasteiger partial charge in [0.25, 0.3) is 0 Å². The van der Waals surface area contributed by atoms with Gasteiger partial charge in [0, 0.05) is 6.04 Å². The van der Waals surface area contributed by atoms with Crippen LogP contribution in [-0.2, 0) is 4.79 Å².